The molecule has 0 spiro atoms. The lowest BCUT2D eigenvalue weighted by atomic mass is 10.2. The van der Waals surface area contributed by atoms with Gasteiger partial charge in [0.2, 0.25) is 11.9 Å². The predicted octanol–water partition coefficient (Wildman–Crippen LogP) is 4.63. The van der Waals surface area contributed by atoms with Gasteiger partial charge < -0.3 is 25.4 Å². The van der Waals surface area contributed by atoms with Crippen molar-refractivity contribution in [3.8, 4) is 11.5 Å². The zero-order chi connectivity index (χ0) is 22.9. The third kappa shape index (κ3) is 6.21. The lowest BCUT2D eigenvalue weighted by Gasteiger charge is -2.10. The van der Waals surface area contributed by atoms with Gasteiger partial charge in [-0.2, -0.15) is 4.98 Å². The molecule has 32 heavy (non-hydrogen) atoms. The minimum absolute atomic E-state index is 0.234. The number of carbonyl (C=O) groups is 1. The molecule has 1 amide bonds. The van der Waals surface area contributed by atoms with Gasteiger partial charge in [-0.15, -0.1) is 0 Å². The lowest BCUT2D eigenvalue weighted by molar-refractivity contribution is -0.111. The molecule has 0 saturated carbocycles. The van der Waals surface area contributed by atoms with Crippen LogP contribution in [0.1, 0.15) is 18.2 Å². The van der Waals surface area contributed by atoms with Crippen molar-refractivity contribution in [2.75, 3.05) is 36.7 Å². The molecule has 0 bridgehead atoms. The maximum Gasteiger partial charge on any atom is 0.248 e. The number of methoxy groups -OCH3 is 2. The molecule has 8 heteroatoms. The van der Waals surface area contributed by atoms with Crippen LogP contribution in [0.25, 0.3) is 6.08 Å². The molecule has 0 aliphatic rings. The van der Waals surface area contributed by atoms with Crippen LogP contribution in [-0.2, 0) is 4.79 Å². The maximum atomic E-state index is 12.3. The van der Waals surface area contributed by atoms with E-state index < -0.39 is 0 Å². The molecule has 0 aliphatic carbocycles. The Morgan fingerprint density at radius 2 is 1.69 bits per heavy atom. The number of rotatable bonds is 9. The minimum Gasteiger partial charge on any atom is -0.493 e. The highest BCUT2D eigenvalue weighted by Gasteiger charge is 2.05. The Bertz CT molecular complexity index is 1100. The van der Waals surface area contributed by atoms with E-state index in [1.165, 1.54) is 6.08 Å². The number of ether oxygens (including phenoxy) is 2. The standard InChI is InChI=1S/C24H27N5O3/c1-5-25-24-26-16(2)14-22(29-24)27-18-8-10-19(11-9-18)28-23(30)13-7-17-6-12-20(31-3)21(15-17)32-4/h6-15H,5H2,1-4H3,(H,28,30)(H2,25,26,27,29)/b13-7+. The van der Waals surface area contributed by atoms with Gasteiger partial charge in [-0.1, -0.05) is 6.07 Å². The Labute approximate surface area is 187 Å². The summed E-state index contributed by atoms with van der Waals surface area (Å²) in [4.78, 5) is 21.1. The molecule has 0 unspecified atom stereocenters. The fourth-order valence-electron chi connectivity index (χ4n) is 2.97. The van der Waals surface area contributed by atoms with Crippen LogP contribution < -0.4 is 25.4 Å². The average Bonchev–Trinajstić information content (AvgIpc) is 2.78. The van der Waals surface area contributed by atoms with E-state index in [1.54, 1.807) is 32.4 Å². The number of benzene rings is 2. The summed E-state index contributed by atoms with van der Waals surface area (Å²) in [5.41, 5.74) is 3.23. The Morgan fingerprint density at radius 3 is 2.38 bits per heavy atom. The van der Waals surface area contributed by atoms with Crippen LogP contribution in [0.4, 0.5) is 23.1 Å². The van der Waals surface area contributed by atoms with Gasteiger partial charge in [0.25, 0.3) is 0 Å². The molecule has 0 fully saturated rings. The quantitative estimate of drug-likeness (QED) is 0.423. The van der Waals surface area contributed by atoms with Crippen molar-refractivity contribution in [3.63, 3.8) is 0 Å². The van der Waals surface area contributed by atoms with Gasteiger partial charge in [0.1, 0.15) is 5.82 Å². The van der Waals surface area contributed by atoms with Gasteiger partial charge in [0, 0.05) is 35.8 Å². The van der Waals surface area contributed by atoms with Crippen molar-refractivity contribution in [2.45, 2.75) is 13.8 Å². The van der Waals surface area contributed by atoms with Gasteiger partial charge in [-0.05, 0) is 61.9 Å². The minimum atomic E-state index is -0.234. The largest absolute Gasteiger partial charge is 0.493 e. The molecule has 3 aromatic rings. The van der Waals surface area contributed by atoms with Gasteiger partial charge >= 0.3 is 0 Å². The molecule has 0 radical (unpaired) electrons. The molecular weight excluding hydrogens is 406 g/mol. The number of nitrogens with zero attached hydrogens (tertiary/aromatic N) is 2. The van der Waals surface area contributed by atoms with Crippen LogP contribution in [-0.4, -0.2) is 36.6 Å². The van der Waals surface area contributed by atoms with E-state index in [9.17, 15) is 4.79 Å². The molecule has 166 valence electrons. The highest BCUT2D eigenvalue weighted by Crippen LogP contribution is 2.28. The highest BCUT2D eigenvalue weighted by atomic mass is 16.5. The molecule has 0 saturated heterocycles. The molecule has 3 rings (SSSR count). The number of hydrogen-bond donors (Lipinski definition) is 3. The van der Waals surface area contributed by atoms with Gasteiger partial charge in [-0.25, -0.2) is 4.98 Å². The zero-order valence-corrected chi connectivity index (χ0v) is 18.6. The third-order valence-electron chi connectivity index (χ3n) is 4.45. The SMILES string of the molecule is CCNc1nc(C)cc(Nc2ccc(NC(=O)/C=C/c3ccc(OC)c(OC)c3)cc2)n1. The second-order valence-corrected chi connectivity index (χ2v) is 6.89. The Morgan fingerprint density at radius 1 is 0.969 bits per heavy atom. The highest BCUT2D eigenvalue weighted by molar-refractivity contribution is 6.02. The van der Waals surface area contributed by atoms with Crippen molar-refractivity contribution in [3.05, 3.63) is 65.9 Å². The van der Waals surface area contributed by atoms with Crippen LogP contribution in [0.3, 0.4) is 0 Å². The molecular formula is C24H27N5O3. The number of anilines is 4. The number of carbonyl (C=O) groups excluding carboxylic acids is 1. The second-order valence-electron chi connectivity index (χ2n) is 6.89. The molecule has 1 aromatic heterocycles. The first-order valence-corrected chi connectivity index (χ1v) is 10.2. The van der Waals surface area contributed by atoms with Gasteiger partial charge in [0.15, 0.2) is 11.5 Å². The van der Waals surface area contributed by atoms with Crippen molar-refractivity contribution in [1.29, 1.82) is 0 Å². The Balaban J connectivity index is 1.61. The van der Waals surface area contributed by atoms with Crippen LogP contribution in [0.2, 0.25) is 0 Å². The van der Waals surface area contributed by atoms with E-state index in [4.69, 9.17) is 9.47 Å². The van der Waals surface area contributed by atoms with Gasteiger partial charge in [0.05, 0.1) is 14.2 Å². The fourth-order valence-corrected chi connectivity index (χ4v) is 2.97. The normalized spacial score (nSPS) is 10.6. The average molecular weight is 434 g/mol. The van der Waals surface area contributed by atoms with Gasteiger partial charge in [-0.3, -0.25) is 4.79 Å². The first-order valence-electron chi connectivity index (χ1n) is 10.2. The first-order chi connectivity index (χ1) is 15.5. The summed E-state index contributed by atoms with van der Waals surface area (Å²) in [5.74, 6) is 2.29. The summed E-state index contributed by atoms with van der Waals surface area (Å²) in [6.07, 6.45) is 3.19. The maximum absolute atomic E-state index is 12.3. The van der Waals surface area contributed by atoms with Crippen molar-refractivity contribution >= 4 is 35.1 Å². The van der Waals surface area contributed by atoms with Crippen molar-refractivity contribution in [1.82, 2.24) is 9.97 Å². The summed E-state index contributed by atoms with van der Waals surface area (Å²) >= 11 is 0. The Hall–Kier alpha value is -4.07. The van der Waals surface area contributed by atoms with E-state index in [1.807, 2.05) is 50.2 Å². The molecule has 8 nitrogen and oxygen atoms in total. The monoisotopic (exact) mass is 433 g/mol. The van der Waals surface area contributed by atoms with E-state index >= 15 is 0 Å². The Kier molecular flexibility index (Phi) is 7.64. The number of nitrogens with one attached hydrogen (secondary N) is 3. The zero-order valence-electron chi connectivity index (χ0n) is 18.6. The molecule has 0 aliphatic heterocycles. The molecule has 2 aromatic carbocycles. The number of hydrogen-bond acceptors (Lipinski definition) is 7. The van der Waals surface area contributed by atoms with Crippen LogP contribution in [0, 0.1) is 6.92 Å². The second kappa shape index (κ2) is 10.8. The lowest BCUT2D eigenvalue weighted by Crippen LogP contribution is -2.08. The van der Waals surface area contributed by atoms with E-state index in [2.05, 4.69) is 25.9 Å². The number of amides is 1. The summed E-state index contributed by atoms with van der Waals surface area (Å²) in [6, 6.07) is 14.7. The van der Waals surface area contributed by atoms with Crippen LogP contribution >= 0.6 is 0 Å². The van der Waals surface area contributed by atoms with Crippen molar-refractivity contribution < 1.29 is 14.3 Å². The third-order valence-corrected chi connectivity index (χ3v) is 4.45. The van der Waals surface area contributed by atoms with Crippen molar-refractivity contribution in [2.24, 2.45) is 0 Å². The van der Waals surface area contributed by atoms with E-state index in [-0.39, 0.29) is 5.91 Å². The fraction of sp³-hybridized carbons (Fsp3) is 0.208. The summed E-state index contributed by atoms with van der Waals surface area (Å²) in [7, 11) is 3.15. The van der Waals surface area contributed by atoms with Crippen LogP contribution in [0.5, 0.6) is 11.5 Å². The smallest absolute Gasteiger partial charge is 0.248 e. The number of aryl methyl sites for hydroxylation is 1. The number of aromatic nitrogens is 2. The topological polar surface area (TPSA) is 97.4 Å². The molecule has 1 heterocycles. The molecule has 3 N–H and O–H groups in total. The molecule has 0 atom stereocenters. The van der Waals surface area contributed by atoms with Crippen LogP contribution in [0.15, 0.2) is 54.6 Å². The predicted molar refractivity (Wildman–Crippen MR) is 128 cm³/mol. The first kappa shape index (κ1) is 22.6. The van der Waals surface area contributed by atoms with E-state index in [0.717, 1.165) is 23.5 Å². The van der Waals surface area contributed by atoms with E-state index in [0.29, 0.717) is 29.0 Å². The summed E-state index contributed by atoms with van der Waals surface area (Å²) in [6.45, 7) is 4.66. The summed E-state index contributed by atoms with van der Waals surface area (Å²) in [5, 5.41) is 9.21. The summed E-state index contributed by atoms with van der Waals surface area (Å²) < 4.78 is 10.5.